The molecule has 2 heterocycles. The standard InChI is InChI=1S/C16H19Cl2N3O3/c17-11-1-2-14(13(18)7-11)20-6-4-12(9-20)19-16(24)21-5-3-10(8-21)15(22)23/h1-2,7,10,12H,3-6,8-9H2,(H,19,24)(H,22,23). The average molecular weight is 372 g/mol. The number of carboxylic acids is 1. The fraction of sp³-hybridized carbons (Fsp3) is 0.500. The van der Waals surface area contributed by atoms with Gasteiger partial charge in [0, 0.05) is 37.2 Å². The minimum absolute atomic E-state index is 0.0214. The molecule has 8 heteroatoms. The van der Waals surface area contributed by atoms with Gasteiger partial charge in [0.05, 0.1) is 16.6 Å². The van der Waals surface area contributed by atoms with Crippen LogP contribution in [0.25, 0.3) is 0 Å². The van der Waals surface area contributed by atoms with Gasteiger partial charge in [-0.05, 0) is 31.0 Å². The highest BCUT2D eigenvalue weighted by atomic mass is 35.5. The second-order valence-electron chi connectivity index (χ2n) is 6.25. The minimum Gasteiger partial charge on any atom is -0.481 e. The summed E-state index contributed by atoms with van der Waals surface area (Å²) in [4.78, 5) is 27.0. The van der Waals surface area contributed by atoms with Gasteiger partial charge in [-0.2, -0.15) is 0 Å². The van der Waals surface area contributed by atoms with Gasteiger partial charge in [0.25, 0.3) is 0 Å². The monoisotopic (exact) mass is 371 g/mol. The number of carboxylic acid groups (broad SMARTS) is 1. The molecule has 2 fully saturated rings. The molecule has 1 aromatic rings. The first-order valence-corrected chi connectivity index (χ1v) is 8.68. The van der Waals surface area contributed by atoms with Gasteiger partial charge in [0.15, 0.2) is 0 Å². The van der Waals surface area contributed by atoms with E-state index in [0.717, 1.165) is 18.7 Å². The van der Waals surface area contributed by atoms with Gasteiger partial charge >= 0.3 is 12.0 Å². The van der Waals surface area contributed by atoms with E-state index in [0.29, 0.717) is 29.6 Å². The van der Waals surface area contributed by atoms with Crippen LogP contribution in [0.3, 0.4) is 0 Å². The highest BCUT2D eigenvalue weighted by molar-refractivity contribution is 6.36. The summed E-state index contributed by atoms with van der Waals surface area (Å²) < 4.78 is 0. The first-order valence-electron chi connectivity index (χ1n) is 7.92. The average Bonchev–Trinajstić information content (AvgIpc) is 3.16. The number of anilines is 1. The van der Waals surface area contributed by atoms with Crippen molar-refractivity contribution in [1.82, 2.24) is 10.2 Å². The summed E-state index contributed by atoms with van der Waals surface area (Å²) in [6, 6.07) is 5.22. The molecule has 130 valence electrons. The first-order chi connectivity index (χ1) is 11.4. The third kappa shape index (κ3) is 3.70. The lowest BCUT2D eigenvalue weighted by Gasteiger charge is -2.22. The van der Waals surface area contributed by atoms with E-state index in [-0.39, 0.29) is 18.6 Å². The molecule has 0 aliphatic carbocycles. The predicted molar refractivity (Wildman–Crippen MR) is 92.9 cm³/mol. The summed E-state index contributed by atoms with van der Waals surface area (Å²) in [6.07, 6.45) is 1.33. The van der Waals surface area contributed by atoms with E-state index >= 15 is 0 Å². The smallest absolute Gasteiger partial charge is 0.317 e. The van der Waals surface area contributed by atoms with Gasteiger partial charge in [-0.25, -0.2) is 4.79 Å². The van der Waals surface area contributed by atoms with Crippen LogP contribution in [0.2, 0.25) is 10.0 Å². The summed E-state index contributed by atoms with van der Waals surface area (Å²) in [5.41, 5.74) is 0.907. The predicted octanol–water partition coefficient (Wildman–Crippen LogP) is 2.69. The Morgan fingerprint density at radius 2 is 1.96 bits per heavy atom. The first kappa shape index (κ1) is 17.2. The van der Waals surface area contributed by atoms with Crippen molar-refractivity contribution in [2.24, 2.45) is 5.92 Å². The quantitative estimate of drug-likeness (QED) is 0.856. The van der Waals surface area contributed by atoms with E-state index in [1.54, 1.807) is 17.0 Å². The largest absolute Gasteiger partial charge is 0.481 e. The Balaban J connectivity index is 1.55. The number of halogens is 2. The summed E-state index contributed by atoms with van der Waals surface area (Å²) in [5.74, 6) is -1.29. The minimum atomic E-state index is -0.838. The molecule has 0 saturated carbocycles. The zero-order valence-electron chi connectivity index (χ0n) is 13.0. The Morgan fingerprint density at radius 1 is 1.17 bits per heavy atom. The Bertz CT molecular complexity index is 655. The van der Waals surface area contributed by atoms with Gasteiger partial charge in [0.1, 0.15) is 0 Å². The molecule has 24 heavy (non-hydrogen) atoms. The molecule has 6 nitrogen and oxygen atoms in total. The maximum Gasteiger partial charge on any atom is 0.317 e. The highest BCUT2D eigenvalue weighted by Crippen LogP contribution is 2.31. The van der Waals surface area contributed by atoms with Gasteiger partial charge in [-0.1, -0.05) is 23.2 Å². The number of urea groups is 1. The van der Waals surface area contributed by atoms with Crippen LogP contribution in [0.5, 0.6) is 0 Å². The van der Waals surface area contributed by atoms with Gasteiger partial charge in [0.2, 0.25) is 0 Å². The van der Waals surface area contributed by atoms with E-state index < -0.39 is 11.9 Å². The molecule has 2 N–H and O–H groups in total. The number of rotatable bonds is 3. The molecule has 2 saturated heterocycles. The number of likely N-dealkylation sites (tertiary alicyclic amines) is 1. The van der Waals surface area contributed by atoms with Crippen molar-refractivity contribution < 1.29 is 14.7 Å². The summed E-state index contributed by atoms with van der Waals surface area (Å²) >= 11 is 12.2. The summed E-state index contributed by atoms with van der Waals surface area (Å²) in [7, 11) is 0. The molecule has 0 radical (unpaired) electrons. The second-order valence-corrected chi connectivity index (χ2v) is 7.09. The molecular weight excluding hydrogens is 353 g/mol. The number of aliphatic carboxylic acids is 1. The van der Waals surface area contributed by atoms with E-state index in [2.05, 4.69) is 10.2 Å². The van der Waals surface area contributed by atoms with Crippen molar-refractivity contribution in [2.75, 3.05) is 31.1 Å². The molecule has 2 aliphatic heterocycles. The lowest BCUT2D eigenvalue weighted by Crippen LogP contribution is -2.45. The number of nitrogens with zero attached hydrogens (tertiary/aromatic N) is 2. The van der Waals surface area contributed by atoms with Crippen LogP contribution in [0.4, 0.5) is 10.5 Å². The fourth-order valence-electron chi connectivity index (χ4n) is 3.25. The van der Waals surface area contributed by atoms with Gasteiger partial charge in [-0.3, -0.25) is 4.79 Å². The number of hydrogen-bond acceptors (Lipinski definition) is 3. The number of carbonyl (C=O) groups excluding carboxylic acids is 1. The molecule has 0 spiro atoms. The van der Waals surface area contributed by atoms with Gasteiger partial charge < -0.3 is 20.2 Å². The third-order valence-electron chi connectivity index (χ3n) is 4.59. The number of nitrogens with one attached hydrogen (secondary N) is 1. The molecule has 3 rings (SSSR count). The topological polar surface area (TPSA) is 72.9 Å². The van der Waals surface area contributed by atoms with Crippen molar-refractivity contribution in [1.29, 1.82) is 0 Å². The Hall–Kier alpha value is -1.66. The van der Waals surface area contributed by atoms with Crippen LogP contribution in [0.15, 0.2) is 18.2 Å². The number of hydrogen-bond donors (Lipinski definition) is 2. The zero-order chi connectivity index (χ0) is 17.3. The zero-order valence-corrected chi connectivity index (χ0v) is 14.6. The van der Waals surface area contributed by atoms with Crippen LogP contribution in [0.1, 0.15) is 12.8 Å². The van der Waals surface area contributed by atoms with Crippen molar-refractivity contribution in [3.63, 3.8) is 0 Å². The molecule has 2 aliphatic rings. The van der Waals surface area contributed by atoms with Crippen LogP contribution in [-0.2, 0) is 4.79 Å². The van der Waals surface area contributed by atoms with Crippen LogP contribution >= 0.6 is 23.2 Å². The Labute approximate surface area is 150 Å². The fourth-order valence-corrected chi connectivity index (χ4v) is 3.77. The van der Waals surface area contributed by atoms with E-state index in [4.69, 9.17) is 28.3 Å². The van der Waals surface area contributed by atoms with Crippen molar-refractivity contribution in [3.8, 4) is 0 Å². The van der Waals surface area contributed by atoms with Crippen molar-refractivity contribution in [3.05, 3.63) is 28.2 Å². The highest BCUT2D eigenvalue weighted by Gasteiger charge is 2.33. The molecule has 2 amide bonds. The number of benzene rings is 1. The van der Waals surface area contributed by atoms with Crippen molar-refractivity contribution in [2.45, 2.75) is 18.9 Å². The van der Waals surface area contributed by atoms with Gasteiger partial charge in [-0.15, -0.1) is 0 Å². The summed E-state index contributed by atoms with van der Waals surface area (Å²) in [6.45, 7) is 2.23. The van der Waals surface area contributed by atoms with Crippen molar-refractivity contribution >= 4 is 40.9 Å². The third-order valence-corrected chi connectivity index (χ3v) is 5.13. The maximum atomic E-state index is 12.3. The maximum absolute atomic E-state index is 12.3. The molecule has 1 aromatic carbocycles. The van der Waals surface area contributed by atoms with E-state index in [1.807, 2.05) is 6.07 Å². The molecule has 2 unspecified atom stereocenters. The molecular formula is C16H19Cl2N3O3. The second kappa shape index (κ2) is 7.07. The van der Waals surface area contributed by atoms with Crippen LogP contribution in [-0.4, -0.2) is 54.2 Å². The van der Waals surface area contributed by atoms with Crippen LogP contribution in [0, 0.1) is 5.92 Å². The van der Waals surface area contributed by atoms with Crippen LogP contribution < -0.4 is 10.2 Å². The normalized spacial score (nSPS) is 23.6. The molecule has 0 aromatic heterocycles. The van der Waals surface area contributed by atoms with E-state index in [1.165, 1.54) is 0 Å². The number of amides is 2. The lowest BCUT2D eigenvalue weighted by molar-refractivity contribution is -0.141. The lowest BCUT2D eigenvalue weighted by atomic mass is 10.1. The number of carbonyl (C=O) groups is 2. The Morgan fingerprint density at radius 3 is 2.62 bits per heavy atom. The molecule has 0 bridgehead atoms. The Kier molecular flexibility index (Phi) is 5.06. The summed E-state index contributed by atoms with van der Waals surface area (Å²) in [5, 5.41) is 13.2. The van der Waals surface area contributed by atoms with E-state index in [9.17, 15) is 9.59 Å². The molecule has 2 atom stereocenters. The SMILES string of the molecule is O=C(O)C1CCN(C(=O)NC2CCN(c3ccc(Cl)cc3Cl)C2)C1.